The number of aliphatic hydroxyl groups is 1. The maximum atomic E-state index is 9.44. The van der Waals surface area contributed by atoms with Crippen LogP contribution in [0.15, 0.2) is 41.6 Å². The summed E-state index contributed by atoms with van der Waals surface area (Å²) in [6, 6.07) is 9.98. The summed E-state index contributed by atoms with van der Waals surface area (Å²) in [4.78, 5) is 0. The third-order valence-corrected chi connectivity index (χ3v) is 3.52. The largest absolute Gasteiger partial charge is 0.748 e. The van der Waals surface area contributed by atoms with E-state index in [0.29, 0.717) is 0 Å². The van der Waals surface area contributed by atoms with Crippen LogP contribution in [0, 0.1) is 0 Å². The van der Waals surface area contributed by atoms with E-state index in [1.165, 1.54) is 13.1 Å². The minimum absolute atomic E-state index is 0.312. The van der Waals surface area contributed by atoms with Gasteiger partial charge in [0.05, 0.1) is 15.5 Å². The van der Waals surface area contributed by atoms with Crippen molar-refractivity contribution < 1.29 is 22.8 Å². The molecule has 0 saturated heterocycles. The van der Waals surface area contributed by atoms with Crippen LogP contribution < -0.4 is 9.99 Å². The lowest BCUT2D eigenvalue weighted by Gasteiger charge is -2.11. The molecule has 0 fully saturated rings. The highest BCUT2D eigenvalue weighted by atomic mass is 32.2. The second-order valence-electron chi connectivity index (χ2n) is 4.30. The van der Waals surface area contributed by atoms with Crippen molar-refractivity contribution in [2.75, 3.05) is 11.1 Å². The topological polar surface area (TPSA) is 106 Å². The molecule has 7 nitrogen and oxygen atoms in total. The second kappa shape index (κ2) is 6.17. The first kappa shape index (κ1) is 15.4. The predicted octanol–water partition coefficient (Wildman–Crippen LogP) is 0.257. The number of benzene rings is 1. The normalized spacial score (nSPS) is 16.6. The Morgan fingerprint density at radius 2 is 2.05 bits per heavy atom. The van der Waals surface area contributed by atoms with E-state index < -0.39 is 16.3 Å². The smallest absolute Gasteiger partial charge is 0.310 e. The Morgan fingerprint density at radius 1 is 1.38 bits per heavy atom. The van der Waals surface area contributed by atoms with Crippen LogP contribution in [0.3, 0.4) is 0 Å². The molecule has 0 spiro atoms. The van der Waals surface area contributed by atoms with Crippen LogP contribution in [-0.2, 0) is 10.1 Å². The molecule has 21 heavy (non-hydrogen) atoms. The van der Waals surface area contributed by atoms with E-state index in [4.69, 9.17) is 0 Å². The summed E-state index contributed by atoms with van der Waals surface area (Å²) in [6.45, 7) is 1.31. The summed E-state index contributed by atoms with van der Waals surface area (Å²) in [5, 5.41) is 18.7. The van der Waals surface area contributed by atoms with Gasteiger partial charge in [-0.05, 0) is 17.5 Å². The van der Waals surface area contributed by atoms with Crippen LogP contribution in [0.5, 0.6) is 0 Å². The van der Waals surface area contributed by atoms with Gasteiger partial charge < -0.3 is 9.66 Å². The van der Waals surface area contributed by atoms with Gasteiger partial charge in [0, 0.05) is 5.75 Å². The Morgan fingerprint density at radius 3 is 2.71 bits per heavy atom. The molecule has 1 aromatic heterocycles. The van der Waals surface area contributed by atoms with Crippen molar-refractivity contribution in [2.45, 2.75) is 13.2 Å². The predicted molar refractivity (Wildman–Crippen MR) is 77.9 cm³/mol. The van der Waals surface area contributed by atoms with E-state index in [1.54, 1.807) is 4.68 Å². The molecule has 2 aromatic rings. The zero-order chi connectivity index (χ0) is 15.5. The van der Waals surface area contributed by atoms with Crippen molar-refractivity contribution in [1.82, 2.24) is 0 Å². The van der Waals surface area contributed by atoms with Gasteiger partial charge in [0.2, 0.25) is 6.23 Å². The van der Waals surface area contributed by atoms with Crippen molar-refractivity contribution in [3.05, 3.63) is 36.5 Å². The van der Waals surface area contributed by atoms with Gasteiger partial charge in [-0.1, -0.05) is 30.2 Å². The number of anilines is 1. The average molecular weight is 309 g/mol. The number of pyridine rings is 1. The minimum Gasteiger partial charge on any atom is -0.748 e. The molecule has 0 radical (unpaired) electrons. The van der Waals surface area contributed by atoms with E-state index in [0.717, 1.165) is 16.6 Å². The van der Waals surface area contributed by atoms with Crippen LogP contribution in [0.25, 0.3) is 10.8 Å². The summed E-state index contributed by atoms with van der Waals surface area (Å²) in [7, 11) is -3.91. The highest BCUT2D eigenvalue weighted by Crippen LogP contribution is 2.20. The third-order valence-electron chi connectivity index (χ3n) is 2.81. The van der Waals surface area contributed by atoms with Gasteiger partial charge in [-0.2, -0.15) is 0 Å². The molecule has 3 rings (SSSR count). The van der Waals surface area contributed by atoms with Crippen LogP contribution in [0.4, 0.5) is 5.82 Å². The van der Waals surface area contributed by atoms with Gasteiger partial charge in [0.25, 0.3) is 0 Å². The molecular weight excluding hydrogens is 294 g/mol. The quantitative estimate of drug-likeness (QED) is 0.580. The van der Waals surface area contributed by atoms with E-state index in [2.05, 4.69) is 10.4 Å². The molecule has 1 aliphatic heterocycles. The number of rotatable bonds is 1. The first-order valence-electron chi connectivity index (χ1n) is 6.27. The molecule has 2 heterocycles. The minimum atomic E-state index is -3.91. The van der Waals surface area contributed by atoms with Gasteiger partial charge in [-0.25, -0.2) is 13.7 Å². The van der Waals surface area contributed by atoms with Crippen molar-refractivity contribution >= 4 is 32.9 Å². The monoisotopic (exact) mass is 309 g/mol. The fourth-order valence-electron chi connectivity index (χ4n) is 1.76. The Bertz CT molecular complexity index is 774. The molecule has 0 bridgehead atoms. The van der Waals surface area contributed by atoms with Crippen LogP contribution in [0.2, 0.25) is 0 Å². The van der Waals surface area contributed by atoms with E-state index >= 15 is 0 Å². The van der Waals surface area contributed by atoms with Crippen LogP contribution in [-0.4, -0.2) is 36.3 Å². The molecule has 1 unspecified atom stereocenters. The van der Waals surface area contributed by atoms with E-state index in [9.17, 15) is 18.1 Å². The summed E-state index contributed by atoms with van der Waals surface area (Å²) in [6.07, 6.45) is 2.62. The summed E-state index contributed by atoms with van der Waals surface area (Å²) < 4.78 is 30.1. The number of hydrogen-bond acceptors (Lipinski definition) is 6. The standard InChI is InChI=1S/C11H9N3O.C2H6O3S/c15-10-7-12-14-6-5-8-3-1-2-4-9(8)11(14)13-10;1-2-6(3,4)5/h1-7,10,15H;2H2,1H3,(H,3,4,5). The summed E-state index contributed by atoms with van der Waals surface area (Å²) in [5.41, 5.74) is 0. The van der Waals surface area contributed by atoms with E-state index in [1.807, 2.05) is 36.5 Å². The molecule has 0 aliphatic carbocycles. The number of hydrogen-bond donors (Lipinski definition) is 2. The zero-order valence-electron chi connectivity index (χ0n) is 11.3. The molecule has 2 N–H and O–H groups in total. The maximum Gasteiger partial charge on any atom is 0.310 e. The lowest BCUT2D eigenvalue weighted by Crippen LogP contribution is -2.41. The fourth-order valence-corrected chi connectivity index (χ4v) is 1.76. The summed E-state index contributed by atoms with van der Waals surface area (Å²) >= 11 is 0. The molecule has 0 saturated carbocycles. The fraction of sp³-hybridized carbons (Fsp3) is 0.231. The van der Waals surface area contributed by atoms with Crippen LogP contribution in [0.1, 0.15) is 6.92 Å². The first-order chi connectivity index (χ1) is 9.90. The van der Waals surface area contributed by atoms with Crippen molar-refractivity contribution in [2.24, 2.45) is 5.10 Å². The van der Waals surface area contributed by atoms with Gasteiger partial charge in [-0.3, -0.25) is 0 Å². The molecular formula is C13H15N3O4S. The average Bonchev–Trinajstić information content (AvgIpc) is 2.47. The highest BCUT2D eigenvalue weighted by molar-refractivity contribution is 7.85. The molecule has 1 aliphatic rings. The zero-order valence-corrected chi connectivity index (χ0v) is 12.1. The molecule has 112 valence electrons. The first-order valence-corrected chi connectivity index (χ1v) is 7.84. The lowest BCUT2D eigenvalue weighted by atomic mass is 10.1. The maximum absolute atomic E-state index is 9.44. The second-order valence-corrected chi connectivity index (χ2v) is 5.99. The van der Waals surface area contributed by atoms with Gasteiger partial charge >= 0.3 is 5.82 Å². The third kappa shape index (κ3) is 3.97. The molecule has 1 aromatic carbocycles. The SMILES string of the molecule is CCS(=O)(=O)[O-].OC1C=N[n+]2ccc3ccccc3c2N1. The van der Waals surface area contributed by atoms with Crippen molar-refractivity contribution in [3.8, 4) is 0 Å². The van der Waals surface area contributed by atoms with Crippen LogP contribution >= 0.6 is 0 Å². The molecule has 8 heteroatoms. The van der Waals surface area contributed by atoms with Gasteiger partial charge in [0.1, 0.15) is 12.4 Å². The number of nitrogens with one attached hydrogen (secondary N) is 1. The number of nitrogens with zero attached hydrogens (tertiary/aromatic N) is 2. The molecule has 1 atom stereocenters. The van der Waals surface area contributed by atoms with E-state index in [-0.39, 0.29) is 5.75 Å². The number of fused-ring (bicyclic) bond motifs is 3. The Hall–Kier alpha value is -2.03. The number of aliphatic hydroxyl groups excluding tert-OH is 1. The highest BCUT2D eigenvalue weighted by Gasteiger charge is 2.21. The van der Waals surface area contributed by atoms with Crippen molar-refractivity contribution in [1.29, 1.82) is 0 Å². The Labute approximate surface area is 122 Å². The Balaban J connectivity index is 0.000000232. The van der Waals surface area contributed by atoms with Gasteiger partial charge in [-0.15, -0.1) is 4.68 Å². The summed E-state index contributed by atoms with van der Waals surface area (Å²) in [5.74, 6) is 0.510. The Kier molecular flexibility index (Phi) is 4.51. The molecule has 0 amide bonds. The van der Waals surface area contributed by atoms with Crippen molar-refractivity contribution in [3.63, 3.8) is 0 Å². The van der Waals surface area contributed by atoms with Gasteiger partial charge in [0.15, 0.2) is 0 Å². The number of aromatic nitrogens is 1. The lowest BCUT2D eigenvalue weighted by molar-refractivity contribution is -0.665.